The number of rotatable bonds is 5. The summed E-state index contributed by atoms with van der Waals surface area (Å²) in [5, 5.41) is 0.487. The topological polar surface area (TPSA) is 73.6 Å². The zero-order chi connectivity index (χ0) is 23.8. The van der Waals surface area contributed by atoms with Gasteiger partial charge in [0.15, 0.2) is 5.82 Å². The van der Waals surface area contributed by atoms with Crippen molar-refractivity contribution < 1.29 is 9.18 Å². The van der Waals surface area contributed by atoms with E-state index in [9.17, 15) is 9.18 Å². The normalized spacial score (nSPS) is 18.4. The van der Waals surface area contributed by atoms with Crippen LogP contribution < -0.4 is 0 Å². The molecule has 0 saturated heterocycles. The van der Waals surface area contributed by atoms with Crippen LogP contribution in [0.25, 0.3) is 22.3 Å². The summed E-state index contributed by atoms with van der Waals surface area (Å²) in [5.74, 6) is -0.115. The van der Waals surface area contributed by atoms with E-state index in [1.807, 2.05) is 4.57 Å². The van der Waals surface area contributed by atoms with E-state index in [1.54, 1.807) is 18.3 Å². The van der Waals surface area contributed by atoms with Crippen LogP contribution in [0.1, 0.15) is 48.8 Å². The van der Waals surface area contributed by atoms with Gasteiger partial charge in [-0.25, -0.2) is 19.3 Å². The lowest BCUT2D eigenvalue weighted by molar-refractivity contribution is 0.102. The number of carbonyl (C=O) groups excluding carboxylic acids is 1. The lowest BCUT2D eigenvalue weighted by atomic mass is 9.83. The first-order valence-corrected chi connectivity index (χ1v) is 12.0. The predicted molar refractivity (Wildman–Crippen MR) is 130 cm³/mol. The molecule has 1 aliphatic rings. The zero-order valence-electron chi connectivity index (χ0n) is 18.5. The van der Waals surface area contributed by atoms with E-state index in [1.165, 1.54) is 24.5 Å². The maximum Gasteiger partial charge on any atom is 0.230 e. The molecule has 4 aromatic rings. The molecule has 0 bridgehead atoms. The van der Waals surface area contributed by atoms with E-state index in [4.69, 9.17) is 23.2 Å². The van der Waals surface area contributed by atoms with E-state index in [0.717, 1.165) is 25.7 Å². The number of pyridine rings is 2. The van der Waals surface area contributed by atoms with E-state index in [0.29, 0.717) is 51.4 Å². The molecule has 0 amide bonds. The van der Waals surface area contributed by atoms with Gasteiger partial charge in [0.2, 0.25) is 11.1 Å². The Kier molecular flexibility index (Phi) is 6.32. The van der Waals surface area contributed by atoms with Crippen LogP contribution in [0.5, 0.6) is 0 Å². The molecule has 9 heteroatoms. The number of carbonyl (C=O) groups is 1. The summed E-state index contributed by atoms with van der Waals surface area (Å²) in [4.78, 5) is 30.5. The van der Waals surface area contributed by atoms with Crippen LogP contribution in [-0.4, -0.2) is 30.3 Å². The number of halogens is 3. The maximum absolute atomic E-state index is 14.5. The summed E-state index contributed by atoms with van der Waals surface area (Å²) in [5.41, 5.74) is 2.40. The van der Waals surface area contributed by atoms with Crippen molar-refractivity contribution in [3.8, 4) is 11.3 Å². The summed E-state index contributed by atoms with van der Waals surface area (Å²) in [6.45, 7) is 2.85. The van der Waals surface area contributed by atoms with Gasteiger partial charge in [0.25, 0.3) is 0 Å². The average Bonchev–Trinajstić information content (AvgIpc) is 3.17. The number of hydrogen-bond donors (Lipinski definition) is 0. The Balaban J connectivity index is 1.72. The molecule has 5 rings (SSSR count). The molecule has 0 spiro atoms. The molecular formula is C25H22Cl2FN5O. The van der Waals surface area contributed by atoms with Crippen molar-refractivity contribution in [2.75, 3.05) is 0 Å². The quantitative estimate of drug-likeness (QED) is 0.236. The number of hydrogen-bond acceptors (Lipinski definition) is 5. The van der Waals surface area contributed by atoms with Crippen LogP contribution >= 0.6 is 23.2 Å². The van der Waals surface area contributed by atoms with Crippen LogP contribution in [0, 0.1) is 17.7 Å². The molecule has 1 saturated carbocycles. The SMILES string of the molecule is CC1CCC(Cn2c(C(=O)c3ncccc3F)cc3nc(Cl)nc(-c4cncc(Cl)c4)c32)CC1. The monoisotopic (exact) mass is 497 g/mol. The Hall–Kier alpha value is -2.90. The Morgan fingerprint density at radius 1 is 1.15 bits per heavy atom. The van der Waals surface area contributed by atoms with Gasteiger partial charge >= 0.3 is 0 Å². The van der Waals surface area contributed by atoms with Crippen LogP contribution in [0.15, 0.2) is 42.9 Å². The lowest BCUT2D eigenvalue weighted by Crippen LogP contribution is -2.21. The van der Waals surface area contributed by atoms with Crippen molar-refractivity contribution in [2.24, 2.45) is 11.8 Å². The molecule has 0 aromatic carbocycles. The lowest BCUT2D eigenvalue weighted by Gasteiger charge is -2.27. The number of ketones is 1. The highest BCUT2D eigenvalue weighted by Crippen LogP contribution is 2.35. The second-order valence-electron chi connectivity index (χ2n) is 8.90. The van der Waals surface area contributed by atoms with Gasteiger partial charge in [-0.15, -0.1) is 0 Å². The Morgan fingerprint density at radius 2 is 1.94 bits per heavy atom. The Bertz CT molecular complexity index is 1380. The minimum atomic E-state index is -0.667. The van der Waals surface area contributed by atoms with Gasteiger partial charge in [-0.1, -0.05) is 31.4 Å². The minimum absolute atomic E-state index is 0.0362. The molecule has 174 valence electrons. The standard InChI is InChI=1S/C25H22Cl2FN5O/c1-14-4-6-15(7-5-14)13-33-20(24(34)22-18(28)3-2-8-30-22)10-19-23(33)21(32-25(27)31-19)16-9-17(26)12-29-11-16/h2-3,8-12,14-15H,4-7,13H2,1H3. The molecule has 4 aromatic heterocycles. The third-order valence-electron chi connectivity index (χ3n) is 6.48. The number of nitrogens with zero attached hydrogens (tertiary/aromatic N) is 5. The number of fused-ring (bicyclic) bond motifs is 1. The van der Waals surface area contributed by atoms with Crippen molar-refractivity contribution in [2.45, 2.75) is 39.2 Å². The zero-order valence-corrected chi connectivity index (χ0v) is 20.0. The molecule has 34 heavy (non-hydrogen) atoms. The molecule has 4 heterocycles. The van der Waals surface area contributed by atoms with Crippen molar-refractivity contribution in [3.05, 3.63) is 70.4 Å². The summed E-state index contributed by atoms with van der Waals surface area (Å²) in [7, 11) is 0. The van der Waals surface area contributed by atoms with E-state index in [2.05, 4.69) is 26.9 Å². The summed E-state index contributed by atoms with van der Waals surface area (Å²) < 4.78 is 16.4. The molecule has 0 N–H and O–H groups in total. The predicted octanol–water partition coefficient (Wildman–Crippen LogP) is 6.39. The third kappa shape index (κ3) is 4.42. The Morgan fingerprint density at radius 3 is 2.68 bits per heavy atom. The number of aromatic nitrogens is 5. The van der Waals surface area contributed by atoms with Crippen LogP contribution in [-0.2, 0) is 6.54 Å². The summed E-state index contributed by atoms with van der Waals surface area (Å²) in [6, 6.07) is 6.08. The molecule has 0 unspecified atom stereocenters. The largest absolute Gasteiger partial charge is 0.334 e. The molecule has 0 radical (unpaired) electrons. The highest BCUT2D eigenvalue weighted by atomic mass is 35.5. The summed E-state index contributed by atoms with van der Waals surface area (Å²) >= 11 is 12.5. The van der Waals surface area contributed by atoms with Gasteiger partial charge in [0.05, 0.1) is 21.7 Å². The van der Waals surface area contributed by atoms with Crippen molar-refractivity contribution in [1.29, 1.82) is 0 Å². The van der Waals surface area contributed by atoms with Gasteiger partial charge in [-0.2, -0.15) is 0 Å². The Labute approximate surface area is 206 Å². The fourth-order valence-corrected chi connectivity index (χ4v) is 5.05. The molecule has 1 fully saturated rings. The van der Waals surface area contributed by atoms with Gasteiger partial charge < -0.3 is 4.57 Å². The van der Waals surface area contributed by atoms with Gasteiger partial charge in [0.1, 0.15) is 11.4 Å². The van der Waals surface area contributed by atoms with Crippen molar-refractivity contribution >= 4 is 40.0 Å². The van der Waals surface area contributed by atoms with Gasteiger partial charge in [-0.3, -0.25) is 9.78 Å². The van der Waals surface area contributed by atoms with Crippen molar-refractivity contribution in [3.63, 3.8) is 0 Å². The van der Waals surface area contributed by atoms with Crippen molar-refractivity contribution in [1.82, 2.24) is 24.5 Å². The first kappa shape index (κ1) is 22.9. The molecule has 0 aliphatic heterocycles. The highest BCUT2D eigenvalue weighted by molar-refractivity contribution is 6.31. The molecule has 0 atom stereocenters. The van der Waals surface area contributed by atoms with Crippen LogP contribution in [0.2, 0.25) is 10.3 Å². The summed E-state index contributed by atoms with van der Waals surface area (Å²) in [6.07, 6.45) is 8.95. The third-order valence-corrected chi connectivity index (χ3v) is 6.85. The average molecular weight is 498 g/mol. The van der Waals surface area contributed by atoms with Gasteiger partial charge in [0, 0.05) is 30.7 Å². The first-order chi connectivity index (χ1) is 16.4. The highest BCUT2D eigenvalue weighted by Gasteiger charge is 2.27. The van der Waals surface area contributed by atoms with Gasteiger partial charge in [-0.05, 0) is 60.5 Å². The molecule has 1 aliphatic carbocycles. The molecular weight excluding hydrogens is 476 g/mol. The van der Waals surface area contributed by atoms with E-state index in [-0.39, 0.29) is 11.0 Å². The van der Waals surface area contributed by atoms with E-state index >= 15 is 0 Å². The smallest absolute Gasteiger partial charge is 0.230 e. The second kappa shape index (κ2) is 9.39. The fourth-order valence-electron chi connectivity index (χ4n) is 4.70. The second-order valence-corrected chi connectivity index (χ2v) is 9.67. The fraction of sp³-hybridized carbons (Fsp3) is 0.320. The van der Waals surface area contributed by atoms with Crippen LogP contribution in [0.3, 0.4) is 0 Å². The minimum Gasteiger partial charge on any atom is -0.334 e. The maximum atomic E-state index is 14.5. The van der Waals surface area contributed by atoms with Crippen LogP contribution in [0.4, 0.5) is 4.39 Å². The van der Waals surface area contributed by atoms with E-state index < -0.39 is 11.6 Å². The first-order valence-electron chi connectivity index (χ1n) is 11.2. The molecule has 6 nitrogen and oxygen atoms in total.